The molecule has 0 fully saturated rings. The van der Waals surface area contributed by atoms with Gasteiger partial charge in [0.15, 0.2) is 12.2 Å². The topological polar surface area (TPSA) is 175 Å². The van der Waals surface area contributed by atoms with Crippen LogP contribution in [0.5, 0.6) is 23.0 Å². The summed E-state index contributed by atoms with van der Waals surface area (Å²) in [5.41, 5.74) is 2.91. The summed E-state index contributed by atoms with van der Waals surface area (Å²) >= 11 is 36.5. The summed E-state index contributed by atoms with van der Waals surface area (Å²) in [4.78, 5) is 50.2. The van der Waals surface area contributed by atoms with Gasteiger partial charge in [0.1, 0.15) is 23.0 Å². The van der Waals surface area contributed by atoms with Crippen molar-refractivity contribution in [1.82, 2.24) is 0 Å². The summed E-state index contributed by atoms with van der Waals surface area (Å²) in [6.45, 7) is 7.19. The maximum absolute atomic E-state index is 12.7. The molecule has 18 heteroatoms. The van der Waals surface area contributed by atoms with Crippen molar-refractivity contribution >= 4 is 116 Å². The number of nitrogens with one attached hydrogen (secondary N) is 4. The molecule has 6 rings (SSSR count). The molecule has 0 aliphatic heterocycles. The fraction of sp³-hybridized carbons (Fsp3) is 0.149. The SMILES string of the molecule is CCC(Oc1cccc(C)c1)C(=O)Nc1cc(O)c(NC(=O)c2ccc(Cl)c(Cl)c2)cc1Cl.Cc1ccc(OC(C)C(=O)Nc2cc(O)c(NC(=O)c3ccccc3Cl)cc2Cl)c(Cl)c1. The Bertz CT molecular complexity index is 2760. The smallest absolute Gasteiger partial charge is 0.265 e. The molecule has 0 aromatic heterocycles. The van der Waals surface area contributed by atoms with Gasteiger partial charge < -0.3 is 41.0 Å². The van der Waals surface area contributed by atoms with Gasteiger partial charge in [-0.3, -0.25) is 19.2 Å². The highest BCUT2D eigenvalue weighted by Crippen LogP contribution is 2.36. The number of anilines is 4. The van der Waals surface area contributed by atoms with E-state index in [0.717, 1.165) is 11.1 Å². The van der Waals surface area contributed by atoms with Crippen LogP contribution in [-0.2, 0) is 9.59 Å². The van der Waals surface area contributed by atoms with Crippen LogP contribution in [0, 0.1) is 13.8 Å². The predicted octanol–water partition coefficient (Wildman–Crippen LogP) is 13.0. The van der Waals surface area contributed by atoms with Crippen LogP contribution < -0.4 is 30.7 Å². The molecular weight excluding hydrogens is 961 g/mol. The quantitative estimate of drug-likeness (QED) is 0.0620. The van der Waals surface area contributed by atoms with Crippen molar-refractivity contribution < 1.29 is 38.9 Å². The molecule has 0 spiro atoms. The van der Waals surface area contributed by atoms with Crippen LogP contribution in [0.1, 0.15) is 52.1 Å². The minimum atomic E-state index is -0.895. The minimum absolute atomic E-state index is 0.0636. The Balaban J connectivity index is 0.000000244. The number of rotatable bonds is 13. The van der Waals surface area contributed by atoms with Crippen molar-refractivity contribution in [3.63, 3.8) is 0 Å². The molecule has 65 heavy (non-hydrogen) atoms. The molecule has 0 saturated carbocycles. The fourth-order valence-corrected chi connectivity index (χ4v) is 6.97. The lowest BCUT2D eigenvalue weighted by Crippen LogP contribution is -2.32. The van der Waals surface area contributed by atoms with Gasteiger partial charge >= 0.3 is 0 Å². The zero-order chi connectivity index (χ0) is 47.5. The lowest BCUT2D eigenvalue weighted by molar-refractivity contribution is -0.123. The number of hydrogen-bond acceptors (Lipinski definition) is 8. The van der Waals surface area contributed by atoms with E-state index in [0.29, 0.717) is 28.0 Å². The van der Waals surface area contributed by atoms with Gasteiger partial charge in [0.2, 0.25) is 0 Å². The van der Waals surface area contributed by atoms with Crippen molar-refractivity contribution in [3.05, 3.63) is 162 Å². The lowest BCUT2D eigenvalue weighted by atomic mass is 10.2. The van der Waals surface area contributed by atoms with Crippen LogP contribution in [0.3, 0.4) is 0 Å². The number of amides is 4. The van der Waals surface area contributed by atoms with Crippen LogP contribution in [0.2, 0.25) is 30.1 Å². The molecule has 2 unspecified atom stereocenters. The zero-order valence-corrected chi connectivity index (χ0v) is 39.4. The van der Waals surface area contributed by atoms with Gasteiger partial charge in [-0.25, -0.2) is 0 Å². The third-order valence-electron chi connectivity index (χ3n) is 9.17. The second kappa shape index (κ2) is 22.9. The summed E-state index contributed by atoms with van der Waals surface area (Å²) in [7, 11) is 0. The molecule has 0 radical (unpaired) electrons. The Morgan fingerprint density at radius 2 is 1.14 bits per heavy atom. The first kappa shape index (κ1) is 50.1. The molecule has 0 aliphatic rings. The summed E-state index contributed by atoms with van der Waals surface area (Å²) < 4.78 is 11.4. The second-order valence-electron chi connectivity index (χ2n) is 14.2. The molecular formula is C47H40Cl6N4O8. The number of aryl methyl sites for hydroxylation is 2. The van der Waals surface area contributed by atoms with E-state index in [1.807, 2.05) is 45.0 Å². The normalized spacial score (nSPS) is 11.5. The van der Waals surface area contributed by atoms with Gasteiger partial charge in [-0.1, -0.05) is 107 Å². The number of ether oxygens (including phenoxy) is 2. The number of halogens is 6. The number of carbonyl (C=O) groups excluding carboxylic acids is 4. The monoisotopic (exact) mass is 998 g/mol. The van der Waals surface area contributed by atoms with Crippen molar-refractivity contribution in [1.29, 1.82) is 0 Å². The number of phenolic OH excluding ortho intramolecular Hbond substituents is 2. The average molecular weight is 1000 g/mol. The Kier molecular flexibility index (Phi) is 17.6. The maximum Gasteiger partial charge on any atom is 0.265 e. The first-order valence-electron chi connectivity index (χ1n) is 19.5. The summed E-state index contributed by atoms with van der Waals surface area (Å²) in [5.74, 6) is -1.59. The molecule has 4 amide bonds. The Morgan fingerprint density at radius 3 is 1.72 bits per heavy atom. The molecule has 6 aromatic rings. The highest BCUT2D eigenvalue weighted by molar-refractivity contribution is 6.42. The highest BCUT2D eigenvalue weighted by atomic mass is 35.5. The van der Waals surface area contributed by atoms with E-state index in [1.54, 1.807) is 49.4 Å². The summed E-state index contributed by atoms with van der Waals surface area (Å²) in [6, 6.07) is 28.6. The summed E-state index contributed by atoms with van der Waals surface area (Å²) in [6.07, 6.45) is -1.24. The van der Waals surface area contributed by atoms with E-state index in [1.165, 1.54) is 42.5 Å². The Labute approximate surface area is 404 Å². The van der Waals surface area contributed by atoms with Crippen LogP contribution in [0.15, 0.2) is 109 Å². The number of carbonyl (C=O) groups is 4. The molecule has 2 atom stereocenters. The minimum Gasteiger partial charge on any atom is -0.506 e. The number of hydrogen-bond donors (Lipinski definition) is 6. The zero-order valence-electron chi connectivity index (χ0n) is 34.9. The van der Waals surface area contributed by atoms with Crippen LogP contribution in [-0.4, -0.2) is 46.0 Å². The van der Waals surface area contributed by atoms with Crippen molar-refractivity contribution in [3.8, 4) is 23.0 Å². The first-order valence-corrected chi connectivity index (χ1v) is 21.7. The van der Waals surface area contributed by atoms with Gasteiger partial charge in [0.25, 0.3) is 23.6 Å². The first-order chi connectivity index (χ1) is 30.8. The third kappa shape index (κ3) is 13.8. The predicted molar refractivity (Wildman–Crippen MR) is 259 cm³/mol. The molecule has 0 heterocycles. The van der Waals surface area contributed by atoms with E-state index in [4.69, 9.17) is 79.1 Å². The number of aromatic hydroxyl groups is 2. The Morgan fingerprint density at radius 1 is 0.538 bits per heavy atom. The standard InChI is InChI=1S/C24H21Cl3N2O4.C23H19Cl3N2O4/c1-3-22(33-15-6-4-5-13(2)9-15)24(32)28-19-12-21(30)20(11-18(19)27)29-23(31)14-7-8-16(25)17(26)10-14;1-12-7-8-21(17(26)9-12)32-13(2)22(30)27-18-11-20(29)19(10-16(18)25)28-23(31)14-5-3-4-6-15(14)24/h4-12,22,30H,3H2,1-2H3,(H,28,32)(H,29,31);3-11,13,29H,1-2H3,(H,27,30)(H,28,31). The van der Waals surface area contributed by atoms with Crippen molar-refractivity contribution in [2.75, 3.05) is 21.3 Å². The van der Waals surface area contributed by atoms with Gasteiger partial charge in [-0.15, -0.1) is 0 Å². The van der Waals surface area contributed by atoms with Crippen LogP contribution in [0.25, 0.3) is 0 Å². The van der Waals surface area contributed by atoms with Crippen molar-refractivity contribution in [2.45, 2.75) is 46.3 Å². The van der Waals surface area contributed by atoms with E-state index in [-0.39, 0.29) is 65.5 Å². The van der Waals surface area contributed by atoms with Gasteiger partial charge in [0, 0.05) is 17.7 Å². The van der Waals surface area contributed by atoms with E-state index < -0.39 is 35.8 Å². The van der Waals surface area contributed by atoms with E-state index in [2.05, 4.69) is 21.3 Å². The molecule has 0 bridgehead atoms. The molecule has 0 aliphatic carbocycles. The highest BCUT2D eigenvalue weighted by Gasteiger charge is 2.23. The third-order valence-corrected chi connectivity index (χ3v) is 11.2. The molecule has 6 N–H and O–H groups in total. The fourth-order valence-electron chi connectivity index (χ4n) is 5.75. The van der Waals surface area contributed by atoms with Gasteiger partial charge in [0.05, 0.1) is 58.4 Å². The summed E-state index contributed by atoms with van der Waals surface area (Å²) in [5, 5.41) is 32.5. The maximum atomic E-state index is 12.7. The number of phenols is 2. The van der Waals surface area contributed by atoms with Crippen molar-refractivity contribution in [2.24, 2.45) is 0 Å². The largest absolute Gasteiger partial charge is 0.506 e. The van der Waals surface area contributed by atoms with Crippen LogP contribution >= 0.6 is 69.6 Å². The van der Waals surface area contributed by atoms with Crippen LogP contribution in [0.4, 0.5) is 22.7 Å². The number of benzene rings is 6. The van der Waals surface area contributed by atoms with Gasteiger partial charge in [-0.05, 0) is 105 Å². The van der Waals surface area contributed by atoms with Gasteiger partial charge in [-0.2, -0.15) is 0 Å². The van der Waals surface area contributed by atoms with E-state index >= 15 is 0 Å². The molecule has 6 aromatic carbocycles. The average Bonchev–Trinajstić information content (AvgIpc) is 3.25. The second-order valence-corrected chi connectivity index (χ2v) is 16.7. The Hall–Kier alpha value is -5.86. The molecule has 338 valence electrons. The van der Waals surface area contributed by atoms with E-state index in [9.17, 15) is 29.4 Å². The lowest BCUT2D eigenvalue weighted by Gasteiger charge is -2.18. The molecule has 0 saturated heterocycles. The molecule has 12 nitrogen and oxygen atoms in total.